The largest absolute Gasteiger partial charge is 0.460 e. The summed E-state index contributed by atoms with van der Waals surface area (Å²) in [6, 6.07) is -0.515. The second-order valence-corrected chi connectivity index (χ2v) is 5.35. The first-order valence-electron chi connectivity index (χ1n) is 6.76. The van der Waals surface area contributed by atoms with E-state index in [-0.39, 0.29) is 24.6 Å². The SMILES string of the molecule is C[CH]c1c(C(F)(F)C(F)(F)C(F)(F)F)cccc1C(F)(F)C(F)(F)C(F)(F)F. The molecule has 1 aromatic rings. The molecule has 0 aliphatic carbocycles. The van der Waals surface area contributed by atoms with Crippen molar-refractivity contribution in [3.8, 4) is 0 Å². The first-order valence-corrected chi connectivity index (χ1v) is 6.76. The molecule has 0 saturated heterocycles. The first-order chi connectivity index (χ1) is 12.2. The van der Waals surface area contributed by atoms with Gasteiger partial charge < -0.3 is 0 Å². The molecule has 1 radical (unpaired) electrons. The Morgan fingerprint density at radius 3 is 1.07 bits per heavy atom. The van der Waals surface area contributed by atoms with Crippen molar-refractivity contribution in [3.63, 3.8) is 0 Å². The van der Waals surface area contributed by atoms with Gasteiger partial charge in [0.05, 0.1) is 0 Å². The highest BCUT2D eigenvalue weighted by molar-refractivity contribution is 5.46. The molecule has 0 amide bonds. The second-order valence-electron chi connectivity index (χ2n) is 5.35. The lowest BCUT2D eigenvalue weighted by atomic mass is 9.87. The van der Waals surface area contributed by atoms with Crippen LogP contribution in [0, 0.1) is 6.42 Å². The Morgan fingerprint density at radius 2 is 0.857 bits per heavy atom. The van der Waals surface area contributed by atoms with E-state index < -0.39 is 52.7 Å². The zero-order valence-corrected chi connectivity index (χ0v) is 13.1. The highest BCUT2D eigenvalue weighted by Crippen LogP contribution is 2.56. The standard InChI is InChI=1S/C14H7F14/c1-2-6-7(9(15,16)11(19,20)13(23,24)25)4-3-5-8(6)10(17,18)12(21,22)14(26,27)28/h2-5H,1H3. The molecule has 0 aliphatic heterocycles. The van der Waals surface area contributed by atoms with E-state index in [4.69, 9.17) is 0 Å². The minimum Gasteiger partial charge on any atom is -0.194 e. The van der Waals surface area contributed by atoms with Gasteiger partial charge >= 0.3 is 36.0 Å². The molecule has 14 heteroatoms. The Bertz CT molecular complexity index is 653. The summed E-state index contributed by atoms with van der Waals surface area (Å²) in [5.74, 6) is -26.2. The fourth-order valence-corrected chi connectivity index (χ4v) is 2.12. The molecule has 0 spiro atoms. The van der Waals surface area contributed by atoms with Gasteiger partial charge in [0.1, 0.15) is 0 Å². The molecular weight excluding hydrogens is 434 g/mol. The maximum Gasteiger partial charge on any atom is 0.460 e. The highest BCUT2D eigenvalue weighted by atomic mass is 19.4. The Balaban J connectivity index is 3.81. The summed E-state index contributed by atoms with van der Waals surface area (Å²) in [4.78, 5) is 0. The van der Waals surface area contributed by atoms with Crippen LogP contribution >= 0.6 is 0 Å². The van der Waals surface area contributed by atoms with Crippen LogP contribution in [0.5, 0.6) is 0 Å². The van der Waals surface area contributed by atoms with Crippen molar-refractivity contribution >= 4 is 0 Å². The molecule has 0 aromatic heterocycles. The van der Waals surface area contributed by atoms with Gasteiger partial charge in [-0.05, 0) is 12.0 Å². The van der Waals surface area contributed by atoms with Gasteiger partial charge in [0.15, 0.2) is 0 Å². The molecule has 0 atom stereocenters. The summed E-state index contributed by atoms with van der Waals surface area (Å²) in [5, 5.41) is 0. The topological polar surface area (TPSA) is 0 Å². The molecule has 0 N–H and O–H groups in total. The maximum atomic E-state index is 13.8. The average molecular weight is 441 g/mol. The van der Waals surface area contributed by atoms with Crippen LogP contribution in [-0.4, -0.2) is 24.2 Å². The fraction of sp³-hybridized carbons (Fsp3) is 0.500. The van der Waals surface area contributed by atoms with Crippen molar-refractivity contribution in [1.29, 1.82) is 0 Å². The molecule has 0 heterocycles. The lowest BCUT2D eigenvalue weighted by Gasteiger charge is -2.33. The van der Waals surface area contributed by atoms with Crippen LogP contribution in [0.15, 0.2) is 18.2 Å². The summed E-state index contributed by atoms with van der Waals surface area (Å²) in [6.07, 6.45) is -13.8. The molecule has 0 nitrogen and oxygen atoms in total. The summed E-state index contributed by atoms with van der Waals surface area (Å²) >= 11 is 0. The predicted molar refractivity (Wildman–Crippen MR) is 65.3 cm³/mol. The van der Waals surface area contributed by atoms with E-state index in [0.29, 0.717) is 6.92 Å². The van der Waals surface area contributed by atoms with E-state index in [1.807, 2.05) is 0 Å². The minimum atomic E-state index is -6.89. The Hall–Kier alpha value is -1.76. The molecule has 0 unspecified atom stereocenters. The third-order valence-corrected chi connectivity index (χ3v) is 3.57. The number of halogens is 14. The van der Waals surface area contributed by atoms with E-state index in [2.05, 4.69) is 0 Å². The van der Waals surface area contributed by atoms with Gasteiger partial charge in [-0.3, -0.25) is 0 Å². The smallest absolute Gasteiger partial charge is 0.194 e. The summed E-state index contributed by atoms with van der Waals surface area (Å²) in [6.45, 7) is 0.492. The molecule has 1 aromatic carbocycles. The number of rotatable bonds is 5. The van der Waals surface area contributed by atoms with E-state index in [9.17, 15) is 61.5 Å². The quantitative estimate of drug-likeness (QED) is 0.439. The molecule has 0 saturated carbocycles. The van der Waals surface area contributed by atoms with Crippen molar-refractivity contribution < 1.29 is 61.5 Å². The van der Waals surface area contributed by atoms with Crippen molar-refractivity contribution in [2.75, 3.05) is 0 Å². The third kappa shape index (κ3) is 3.38. The number of hydrogen-bond donors (Lipinski definition) is 0. The van der Waals surface area contributed by atoms with Crippen molar-refractivity contribution in [2.45, 2.75) is 43.0 Å². The average Bonchev–Trinajstić information content (AvgIpc) is 2.51. The summed E-state index contributed by atoms with van der Waals surface area (Å²) < 4.78 is 182. The monoisotopic (exact) mass is 441 g/mol. The van der Waals surface area contributed by atoms with Gasteiger partial charge in [0, 0.05) is 11.1 Å². The van der Waals surface area contributed by atoms with E-state index in [0.717, 1.165) is 0 Å². The van der Waals surface area contributed by atoms with Gasteiger partial charge in [-0.25, -0.2) is 0 Å². The van der Waals surface area contributed by atoms with E-state index in [1.165, 1.54) is 0 Å². The zero-order valence-electron chi connectivity index (χ0n) is 13.1. The van der Waals surface area contributed by atoms with Gasteiger partial charge in [-0.2, -0.15) is 61.5 Å². The number of benzene rings is 1. The molecule has 0 fully saturated rings. The normalized spacial score (nSPS) is 15.1. The number of hydrogen-bond acceptors (Lipinski definition) is 0. The van der Waals surface area contributed by atoms with Crippen LogP contribution in [-0.2, 0) is 11.8 Å². The molecule has 1 rings (SSSR count). The third-order valence-electron chi connectivity index (χ3n) is 3.57. The summed E-state index contributed by atoms with van der Waals surface area (Å²) in [5.41, 5.74) is -7.04. The van der Waals surface area contributed by atoms with Crippen LogP contribution in [0.25, 0.3) is 0 Å². The van der Waals surface area contributed by atoms with Gasteiger partial charge in [-0.15, -0.1) is 0 Å². The van der Waals surface area contributed by atoms with Crippen LogP contribution in [0.2, 0.25) is 0 Å². The molecular formula is C14H7F14. The second kappa shape index (κ2) is 6.65. The molecule has 28 heavy (non-hydrogen) atoms. The van der Waals surface area contributed by atoms with Gasteiger partial charge in [-0.1, -0.05) is 25.1 Å². The molecule has 161 valence electrons. The Labute approximate surface area is 147 Å². The fourth-order valence-electron chi connectivity index (χ4n) is 2.12. The summed E-state index contributed by atoms with van der Waals surface area (Å²) in [7, 11) is 0. The van der Waals surface area contributed by atoms with Crippen LogP contribution < -0.4 is 0 Å². The van der Waals surface area contributed by atoms with Crippen LogP contribution in [0.1, 0.15) is 23.6 Å². The van der Waals surface area contributed by atoms with Crippen LogP contribution in [0.4, 0.5) is 61.5 Å². The van der Waals surface area contributed by atoms with Crippen molar-refractivity contribution in [2.24, 2.45) is 0 Å². The Kier molecular flexibility index (Phi) is 5.76. The van der Waals surface area contributed by atoms with E-state index in [1.54, 1.807) is 0 Å². The predicted octanol–water partition coefficient (Wildman–Crippen LogP) is 6.84. The highest BCUT2D eigenvalue weighted by Gasteiger charge is 2.76. The van der Waals surface area contributed by atoms with Crippen molar-refractivity contribution in [1.82, 2.24) is 0 Å². The first kappa shape index (κ1) is 24.3. The Morgan fingerprint density at radius 1 is 0.571 bits per heavy atom. The molecule has 0 bridgehead atoms. The molecule has 0 aliphatic rings. The maximum absolute atomic E-state index is 13.8. The zero-order chi connectivity index (χ0) is 22.6. The van der Waals surface area contributed by atoms with Gasteiger partial charge in [0.2, 0.25) is 0 Å². The minimum absolute atomic E-state index is 0.00854. The lowest BCUT2D eigenvalue weighted by molar-refractivity contribution is -0.361. The van der Waals surface area contributed by atoms with E-state index >= 15 is 0 Å². The number of alkyl halides is 14. The van der Waals surface area contributed by atoms with Crippen molar-refractivity contribution in [3.05, 3.63) is 41.3 Å². The van der Waals surface area contributed by atoms with Crippen LogP contribution in [0.3, 0.4) is 0 Å². The van der Waals surface area contributed by atoms with Gasteiger partial charge in [0.25, 0.3) is 0 Å². The lowest BCUT2D eigenvalue weighted by Crippen LogP contribution is -2.52.